The Morgan fingerprint density at radius 1 is 1.29 bits per heavy atom. The van der Waals surface area contributed by atoms with Crippen molar-refractivity contribution in [3.05, 3.63) is 69.9 Å². The molecule has 0 aliphatic rings. The smallest absolute Gasteiger partial charge is 0.339 e. The van der Waals surface area contributed by atoms with Gasteiger partial charge in [-0.05, 0) is 36.8 Å². The Morgan fingerprint density at radius 3 is 2.65 bits per heavy atom. The number of phenolic OH excluding ortho intramolecular Hbond substituents is 1. The van der Waals surface area contributed by atoms with Crippen molar-refractivity contribution in [1.82, 2.24) is 10.3 Å². The molecule has 0 fully saturated rings. The zero-order valence-corrected chi connectivity index (χ0v) is 17.2. The fourth-order valence-corrected chi connectivity index (χ4v) is 4.08. The zero-order valence-electron chi connectivity index (χ0n) is 16.4. The van der Waals surface area contributed by atoms with Gasteiger partial charge in [0.15, 0.2) is 5.82 Å². The van der Waals surface area contributed by atoms with E-state index in [1.807, 2.05) is 0 Å². The molecule has 0 saturated carbocycles. The molecule has 1 atom stereocenters. The minimum Gasteiger partial charge on any atom is -0.507 e. The average Bonchev–Trinajstić information content (AvgIpc) is 3.10. The largest absolute Gasteiger partial charge is 0.507 e. The van der Waals surface area contributed by atoms with Gasteiger partial charge in [0.2, 0.25) is 0 Å². The topological polar surface area (TPSA) is 122 Å². The summed E-state index contributed by atoms with van der Waals surface area (Å²) in [5, 5.41) is 24.5. The van der Waals surface area contributed by atoms with Gasteiger partial charge in [0.25, 0.3) is 0 Å². The molecule has 160 valence electrons. The molecule has 2 heterocycles. The Labute approximate surface area is 181 Å². The molecule has 7 nitrogen and oxygen atoms in total. The number of carboxylic acid groups (broad SMARTS) is 1. The van der Waals surface area contributed by atoms with Crippen LogP contribution in [0.25, 0.3) is 21.7 Å². The highest BCUT2D eigenvalue weighted by atomic mass is 35.5. The first-order valence-corrected chi connectivity index (χ1v) is 9.86. The third kappa shape index (κ3) is 3.38. The zero-order chi connectivity index (χ0) is 22.3. The Hall–Kier alpha value is -3.20. The van der Waals surface area contributed by atoms with Crippen molar-refractivity contribution in [2.45, 2.75) is 13.0 Å². The lowest BCUT2D eigenvalue weighted by molar-refractivity contribution is 0.0697. The Balaban J connectivity index is 2.21. The quantitative estimate of drug-likeness (QED) is 0.353. The van der Waals surface area contributed by atoms with Crippen LogP contribution in [-0.4, -0.2) is 34.3 Å². The number of aromatic hydroxyl groups is 1. The fourth-order valence-electron chi connectivity index (χ4n) is 3.92. The summed E-state index contributed by atoms with van der Waals surface area (Å²) >= 11 is 5.98. The number of pyridine rings is 1. The predicted molar refractivity (Wildman–Crippen MR) is 115 cm³/mol. The highest BCUT2D eigenvalue weighted by molar-refractivity contribution is 6.32. The Morgan fingerprint density at radius 2 is 2.00 bits per heavy atom. The summed E-state index contributed by atoms with van der Waals surface area (Å²) in [4.78, 5) is 16.1. The second kappa shape index (κ2) is 8.14. The summed E-state index contributed by atoms with van der Waals surface area (Å²) in [6.45, 7) is 2.15. The maximum absolute atomic E-state index is 15.1. The van der Waals surface area contributed by atoms with Gasteiger partial charge in [0, 0.05) is 41.8 Å². The molecule has 31 heavy (non-hydrogen) atoms. The van der Waals surface area contributed by atoms with E-state index in [-0.39, 0.29) is 50.2 Å². The van der Waals surface area contributed by atoms with Gasteiger partial charge in [-0.15, -0.1) is 0 Å². The lowest BCUT2D eigenvalue weighted by Gasteiger charge is -2.23. The van der Waals surface area contributed by atoms with E-state index >= 15 is 4.39 Å². The third-order valence-corrected chi connectivity index (χ3v) is 5.51. The van der Waals surface area contributed by atoms with E-state index in [0.717, 1.165) is 0 Å². The van der Waals surface area contributed by atoms with Crippen molar-refractivity contribution in [3.8, 4) is 5.75 Å². The molecule has 4 rings (SSSR count). The number of carbonyl (C=O) groups is 1. The van der Waals surface area contributed by atoms with Crippen molar-refractivity contribution in [2.75, 3.05) is 13.1 Å². The Bertz CT molecular complexity index is 1310. The van der Waals surface area contributed by atoms with Crippen LogP contribution in [0.15, 0.2) is 41.1 Å². The molecule has 2 aromatic carbocycles. The number of rotatable bonds is 6. The minimum atomic E-state index is -1.22. The van der Waals surface area contributed by atoms with Gasteiger partial charge in [0.05, 0.1) is 16.5 Å². The first kappa shape index (κ1) is 21.0. The Kier molecular flexibility index (Phi) is 5.53. The first-order chi connectivity index (χ1) is 14.9. The maximum atomic E-state index is 15.1. The number of phenols is 1. The number of halogens is 2. The van der Waals surface area contributed by atoms with Gasteiger partial charge >= 0.3 is 5.97 Å². The number of nitrogens with zero attached hydrogens (tertiary/aromatic N) is 1. The molecule has 0 aliphatic heterocycles. The molecular formula is C22H19ClFN3O4. The summed E-state index contributed by atoms with van der Waals surface area (Å²) in [6, 6.07) is 5.54. The molecule has 0 spiro atoms. The van der Waals surface area contributed by atoms with E-state index in [9.17, 15) is 15.0 Å². The summed E-state index contributed by atoms with van der Waals surface area (Å²) in [5.74, 6) is -2.33. The highest BCUT2D eigenvalue weighted by Gasteiger charge is 2.31. The summed E-state index contributed by atoms with van der Waals surface area (Å²) in [6.07, 6.45) is 3.13. The van der Waals surface area contributed by atoms with Gasteiger partial charge in [-0.3, -0.25) is 4.98 Å². The van der Waals surface area contributed by atoms with Crippen molar-refractivity contribution in [3.63, 3.8) is 0 Å². The van der Waals surface area contributed by atoms with Crippen LogP contribution in [0.5, 0.6) is 5.75 Å². The van der Waals surface area contributed by atoms with Gasteiger partial charge in [0.1, 0.15) is 22.7 Å². The number of aryl methyl sites for hydroxylation is 1. The summed E-state index contributed by atoms with van der Waals surface area (Å²) < 4.78 is 20.8. The highest BCUT2D eigenvalue weighted by Crippen LogP contribution is 2.47. The van der Waals surface area contributed by atoms with Crippen LogP contribution in [0.2, 0.25) is 5.02 Å². The number of benzene rings is 2. The standard InChI is InChI=1S/C22H19ClFN3O4/c1-10-14(22(29)30)16-17(19(27-9-6-25)11-4-7-26-8-5-11)20(28)15-12(21(16)31-10)2-3-13(23)18(15)24/h2-5,7-8,19,27-28H,6,9,25H2,1H3,(H,29,30). The van der Waals surface area contributed by atoms with Crippen LogP contribution in [0.3, 0.4) is 0 Å². The maximum Gasteiger partial charge on any atom is 0.339 e. The van der Waals surface area contributed by atoms with E-state index < -0.39 is 23.6 Å². The summed E-state index contributed by atoms with van der Waals surface area (Å²) in [5.41, 5.74) is 6.56. The van der Waals surface area contributed by atoms with Crippen LogP contribution >= 0.6 is 11.6 Å². The molecule has 0 radical (unpaired) electrons. The number of fused-ring (bicyclic) bond motifs is 3. The van der Waals surface area contributed by atoms with E-state index in [1.54, 1.807) is 24.5 Å². The molecule has 5 N–H and O–H groups in total. The van der Waals surface area contributed by atoms with E-state index in [2.05, 4.69) is 10.3 Å². The molecule has 2 aromatic heterocycles. The molecule has 0 bridgehead atoms. The number of hydrogen-bond acceptors (Lipinski definition) is 6. The van der Waals surface area contributed by atoms with Gasteiger partial charge < -0.3 is 25.7 Å². The van der Waals surface area contributed by atoms with Crippen molar-refractivity contribution in [2.24, 2.45) is 5.73 Å². The van der Waals surface area contributed by atoms with Gasteiger partial charge in [-0.2, -0.15) is 0 Å². The first-order valence-electron chi connectivity index (χ1n) is 9.49. The molecule has 4 aromatic rings. The van der Waals surface area contributed by atoms with E-state index in [0.29, 0.717) is 12.1 Å². The van der Waals surface area contributed by atoms with E-state index in [4.69, 9.17) is 21.8 Å². The van der Waals surface area contributed by atoms with Crippen molar-refractivity contribution >= 4 is 39.3 Å². The molecule has 0 amide bonds. The molecule has 9 heteroatoms. The second-order valence-corrected chi connectivity index (χ2v) is 7.45. The van der Waals surface area contributed by atoms with Gasteiger partial charge in [-0.1, -0.05) is 11.6 Å². The lowest BCUT2D eigenvalue weighted by atomic mass is 9.90. The van der Waals surface area contributed by atoms with Crippen LogP contribution in [0.1, 0.15) is 33.3 Å². The molecule has 1 unspecified atom stereocenters. The van der Waals surface area contributed by atoms with Crippen molar-refractivity contribution in [1.29, 1.82) is 0 Å². The average molecular weight is 444 g/mol. The monoisotopic (exact) mass is 443 g/mol. The van der Waals surface area contributed by atoms with Crippen LogP contribution < -0.4 is 11.1 Å². The normalized spacial score (nSPS) is 12.5. The number of furan rings is 1. The molecule has 0 saturated heterocycles. The number of carboxylic acids is 1. The lowest BCUT2D eigenvalue weighted by Crippen LogP contribution is -2.28. The predicted octanol–water partition coefficient (Wildman–Crippen LogP) is 4.12. The van der Waals surface area contributed by atoms with Crippen molar-refractivity contribution < 1.29 is 23.8 Å². The molecule has 0 aliphatic carbocycles. The van der Waals surface area contributed by atoms with Crippen LogP contribution in [0, 0.1) is 12.7 Å². The number of nitrogens with two attached hydrogens (primary N) is 1. The SMILES string of the molecule is Cc1oc2c(c1C(=O)O)c(C(NCCN)c1ccncc1)c(O)c1c(F)c(Cl)ccc12. The second-order valence-electron chi connectivity index (χ2n) is 7.05. The fraction of sp³-hybridized carbons (Fsp3) is 0.182. The number of aromatic nitrogens is 1. The minimum absolute atomic E-state index is 0.105. The third-order valence-electron chi connectivity index (χ3n) is 5.22. The van der Waals surface area contributed by atoms with Crippen LogP contribution in [-0.2, 0) is 0 Å². The number of hydrogen-bond donors (Lipinski definition) is 4. The van der Waals surface area contributed by atoms with Gasteiger partial charge in [-0.25, -0.2) is 9.18 Å². The number of aromatic carboxylic acids is 1. The van der Waals surface area contributed by atoms with Crippen LogP contribution in [0.4, 0.5) is 4.39 Å². The van der Waals surface area contributed by atoms with E-state index in [1.165, 1.54) is 19.1 Å². The summed E-state index contributed by atoms with van der Waals surface area (Å²) in [7, 11) is 0. The number of nitrogens with one attached hydrogen (secondary N) is 1. The molecular weight excluding hydrogens is 425 g/mol.